The Morgan fingerprint density at radius 3 is 2.75 bits per heavy atom. The number of ether oxygens (including phenoxy) is 1. The fourth-order valence-corrected chi connectivity index (χ4v) is 5.00. The van der Waals surface area contributed by atoms with Crippen molar-refractivity contribution in [2.24, 2.45) is 11.7 Å². The summed E-state index contributed by atoms with van der Waals surface area (Å²) in [6.45, 7) is 4.09. The maximum atomic E-state index is 6.67. The molecule has 0 saturated carbocycles. The van der Waals surface area contributed by atoms with Crippen molar-refractivity contribution in [2.45, 2.75) is 24.8 Å². The lowest BCUT2D eigenvalue weighted by Crippen LogP contribution is -2.61. The molecule has 24 heavy (non-hydrogen) atoms. The Hall–Kier alpha value is -1.40. The largest absolute Gasteiger partial charge is 0.335 e. The Morgan fingerprint density at radius 2 is 2.00 bits per heavy atom. The molecule has 4 fully saturated rings. The minimum Gasteiger partial charge on any atom is -0.335 e. The summed E-state index contributed by atoms with van der Waals surface area (Å²) < 4.78 is 6.32. The molecule has 0 amide bonds. The zero-order valence-corrected chi connectivity index (χ0v) is 14.2. The summed E-state index contributed by atoms with van der Waals surface area (Å²) in [5.74, 6) is 1.31. The van der Waals surface area contributed by atoms with Crippen LogP contribution in [0, 0.1) is 5.92 Å². The molecule has 2 bridgehead atoms. The van der Waals surface area contributed by atoms with Crippen LogP contribution in [-0.4, -0.2) is 48.0 Å². The van der Waals surface area contributed by atoms with Gasteiger partial charge in [-0.1, -0.05) is 35.9 Å². The molecule has 2 N–H and O–H groups in total. The monoisotopic (exact) mass is 344 g/mol. The second-order valence-electron chi connectivity index (χ2n) is 7.23. The molecule has 4 aliphatic rings. The number of fused-ring (bicyclic) bond motifs is 3. The first-order chi connectivity index (χ1) is 11.7. The van der Waals surface area contributed by atoms with Crippen molar-refractivity contribution in [2.75, 3.05) is 31.1 Å². The molecule has 2 unspecified atom stereocenters. The fourth-order valence-electron chi connectivity index (χ4n) is 4.67. The van der Waals surface area contributed by atoms with E-state index >= 15 is 0 Å². The summed E-state index contributed by atoms with van der Waals surface area (Å²) in [5, 5.41) is 2.70. The van der Waals surface area contributed by atoms with Gasteiger partial charge in [-0.2, -0.15) is 0 Å². The van der Waals surface area contributed by atoms with E-state index in [0.29, 0.717) is 10.9 Å². The smallest absolute Gasteiger partial charge is 0.186 e. The molecule has 1 aromatic carbocycles. The zero-order valence-electron chi connectivity index (χ0n) is 13.5. The van der Waals surface area contributed by atoms with E-state index in [-0.39, 0.29) is 5.60 Å². The maximum absolute atomic E-state index is 6.67. The molecule has 6 rings (SSSR count). The van der Waals surface area contributed by atoms with Crippen molar-refractivity contribution in [3.63, 3.8) is 0 Å². The van der Waals surface area contributed by atoms with Gasteiger partial charge in [-0.15, -0.1) is 0 Å². The molecule has 5 nitrogen and oxygen atoms in total. The highest BCUT2D eigenvalue weighted by Gasteiger charge is 2.54. The van der Waals surface area contributed by atoms with E-state index in [4.69, 9.17) is 22.1 Å². The summed E-state index contributed by atoms with van der Waals surface area (Å²) in [5.41, 5.74) is 6.17. The Morgan fingerprint density at radius 1 is 1.21 bits per heavy atom. The van der Waals surface area contributed by atoms with Gasteiger partial charge in [0.15, 0.2) is 12.2 Å². The van der Waals surface area contributed by atoms with Gasteiger partial charge in [0, 0.05) is 23.5 Å². The number of anilines is 1. The second kappa shape index (κ2) is 5.30. The minimum atomic E-state index is -0.489. The summed E-state index contributed by atoms with van der Waals surface area (Å²) in [6.07, 6.45) is 3.76. The highest BCUT2D eigenvalue weighted by Crippen LogP contribution is 2.44. The third kappa shape index (κ3) is 2.09. The van der Waals surface area contributed by atoms with Gasteiger partial charge in [0.1, 0.15) is 5.60 Å². The van der Waals surface area contributed by atoms with Gasteiger partial charge in [0.2, 0.25) is 0 Å². The number of nitrogens with zero attached hydrogens (tertiary/aromatic N) is 3. The molecular formula is C18H21ClN4O. The lowest BCUT2D eigenvalue weighted by Gasteiger charge is -2.50. The van der Waals surface area contributed by atoms with E-state index in [1.807, 2.05) is 35.4 Å². The molecule has 4 aliphatic heterocycles. The predicted molar refractivity (Wildman–Crippen MR) is 95.1 cm³/mol. The van der Waals surface area contributed by atoms with Crippen LogP contribution in [0.1, 0.15) is 12.8 Å². The summed E-state index contributed by atoms with van der Waals surface area (Å²) >= 11 is 6.67. The van der Waals surface area contributed by atoms with Crippen molar-refractivity contribution in [3.05, 3.63) is 35.5 Å². The number of benzene rings is 1. The van der Waals surface area contributed by atoms with E-state index in [1.165, 1.54) is 25.9 Å². The Kier molecular flexibility index (Phi) is 3.29. The molecule has 0 aliphatic carbocycles. The van der Waals surface area contributed by atoms with Gasteiger partial charge in [-0.25, -0.2) is 4.98 Å². The SMILES string of the molecule is NC1OC2(CN3CCC2CC3)CN1c1ncc2ccccc2c1Cl. The van der Waals surface area contributed by atoms with E-state index in [0.717, 1.165) is 29.7 Å². The van der Waals surface area contributed by atoms with Crippen LogP contribution in [-0.2, 0) is 4.74 Å². The molecule has 0 radical (unpaired) electrons. The van der Waals surface area contributed by atoms with E-state index in [2.05, 4.69) is 9.88 Å². The van der Waals surface area contributed by atoms with Gasteiger partial charge in [-0.05, 0) is 31.8 Å². The summed E-state index contributed by atoms with van der Waals surface area (Å²) in [7, 11) is 0. The first-order valence-corrected chi connectivity index (χ1v) is 9.00. The molecular weight excluding hydrogens is 324 g/mol. The first-order valence-electron chi connectivity index (χ1n) is 8.62. The van der Waals surface area contributed by atoms with Crippen LogP contribution < -0.4 is 10.6 Å². The molecule has 4 saturated heterocycles. The molecule has 126 valence electrons. The predicted octanol–water partition coefficient (Wildman–Crippen LogP) is 2.43. The number of pyridine rings is 1. The van der Waals surface area contributed by atoms with Crippen LogP contribution in [0.25, 0.3) is 10.8 Å². The lowest BCUT2D eigenvalue weighted by molar-refractivity contribution is -0.137. The zero-order chi connectivity index (χ0) is 16.3. The first kappa shape index (κ1) is 14.9. The lowest BCUT2D eigenvalue weighted by atomic mass is 9.75. The van der Waals surface area contributed by atoms with Crippen LogP contribution in [0.15, 0.2) is 30.5 Å². The number of halogens is 1. The average molecular weight is 345 g/mol. The van der Waals surface area contributed by atoms with Crippen LogP contribution in [0.5, 0.6) is 0 Å². The molecule has 6 heteroatoms. The van der Waals surface area contributed by atoms with Gasteiger partial charge >= 0.3 is 0 Å². The molecule has 2 aromatic rings. The van der Waals surface area contributed by atoms with Crippen molar-refractivity contribution in [1.82, 2.24) is 9.88 Å². The highest BCUT2D eigenvalue weighted by molar-refractivity contribution is 6.37. The quantitative estimate of drug-likeness (QED) is 0.861. The second-order valence-corrected chi connectivity index (χ2v) is 7.61. The third-order valence-electron chi connectivity index (χ3n) is 5.92. The standard InChI is InChI=1S/C18H21ClN4O/c19-15-14-4-2-1-3-12(14)9-21-16(15)23-11-18(24-17(23)20)10-22-7-5-13(18)6-8-22/h1-4,9,13,17H,5-8,10-11,20H2. The van der Waals surface area contributed by atoms with Crippen LogP contribution in [0.4, 0.5) is 5.82 Å². The number of hydrogen-bond donors (Lipinski definition) is 1. The number of aromatic nitrogens is 1. The normalized spacial score (nSPS) is 35.2. The average Bonchev–Trinajstić information content (AvgIpc) is 2.92. The van der Waals surface area contributed by atoms with E-state index in [9.17, 15) is 0 Å². The van der Waals surface area contributed by atoms with Gasteiger partial charge in [-0.3, -0.25) is 5.73 Å². The van der Waals surface area contributed by atoms with Crippen molar-refractivity contribution in [1.29, 1.82) is 0 Å². The number of rotatable bonds is 1. The van der Waals surface area contributed by atoms with Crippen molar-refractivity contribution in [3.8, 4) is 0 Å². The van der Waals surface area contributed by atoms with Gasteiger partial charge in [0.25, 0.3) is 0 Å². The van der Waals surface area contributed by atoms with Crippen LogP contribution in [0.3, 0.4) is 0 Å². The number of piperidine rings is 3. The van der Waals surface area contributed by atoms with Gasteiger partial charge < -0.3 is 14.5 Å². The van der Waals surface area contributed by atoms with Crippen molar-refractivity contribution < 1.29 is 4.74 Å². The highest BCUT2D eigenvalue weighted by atomic mass is 35.5. The molecule has 1 spiro atoms. The Labute approximate surface area is 146 Å². The summed E-state index contributed by atoms with van der Waals surface area (Å²) in [4.78, 5) is 9.13. The van der Waals surface area contributed by atoms with E-state index in [1.54, 1.807) is 0 Å². The van der Waals surface area contributed by atoms with E-state index < -0.39 is 6.35 Å². The Bertz CT molecular complexity index is 792. The van der Waals surface area contributed by atoms with Crippen LogP contribution >= 0.6 is 11.6 Å². The molecule has 1 aromatic heterocycles. The number of hydrogen-bond acceptors (Lipinski definition) is 5. The van der Waals surface area contributed by atoms with Crippen LogP contribution in [0.2, 0.25) is 5.02 Å². The molecule has 2 atom stereocenters. The third-order valence-corrected chi connectivity index (χ3v) is 6.29. The fraction of sp³-hybridized carbons (Fsp3) is 0.500. The van der Waals surface area contributed by atoms with Gasteiger partial charge in [0.05, 0.1) is 11.6 Å². The minimum absolute atomic E-state index is 0.174. The number of nitrogens with two attached hydrogens (primary N) is 1. The molecule has 5 heterocycles. The topological polar surface area (TPSA) is 54.6 Å². The van der Waals surface area contributed by atoms with Crippen molar-refractivity contribution >= 4 is 28.2 Å². The summed E-state index contributed by atoms with van der Waals surface area (Å²) in [6, 6.07) is 8.03. The Balaban J connectivity index is 1.53. The maximum Gasteiger partial charge on any atom is 0.186 e.